The van der Waals surface area contributed by atoms with E-state index in [1.165, 1.54) is 5.56 Å². The standard InChI is InChI=1S/C22H28N6O/c1-15-8-6-7-9-18(15)13-23-22(29)11-10-19-16(2)26-28(17(19)3)21-12-20(27(4)5)24-14-25-21/h6-9,12,14H,10-11,13H2,1-5H3,(H,23,29). The van der Waals surface area contributed by atoms with Crippen molar-refractivity contribution < 1.29 is 4.79 Å². The first kappa shape index (κ1) is 20.5. The maximum Gasteiger partial charge on any atom is 0.220 e. The minimum absolute atomic E-state index is 0.0386. The molecule has 0 spiro atoms. The molecule has 1 amide bonds. The number of amides is 1. The second kappa shape index (κ2) is 8.86. The van der Waals surface area contributed by atoms with Crippen LogP contribution in [0.15, 0.2) is 36.7 Å². The Morgan fingerprint density at radius 3 is 2.62 bits per heavy atom. The summed E-state index contributed by atoms with van der Waals surface area (Å²) in [5, 5.41) is 7.66. The number of aromatic nitrogens is 4. The van der Waals surface area contributed by atoms with Crippen molar-refractivity contribution in [3.05, 3.63) is 64.7 Å². The summed E-state index contributed by atoms with van der Waals surface area (Å²) in [5.74, 6) is 1.58. The van der Waals surface area contributed by atoms with E-state index in [1.807, 2.05) is 61.8 Å². The molecule has 2 heterocycles. The summed E-state index contributed by atoms with van der Waals surface area (Å²) in [4.78, 5) is 22.9. The lowest BCUT2D eigenvalue weighted by Gasteiger charge is -2.12. The summed E-state index contributed by atoms with van der Waals surface area (Å²) >= 11 is 0. The van der Waals surface area contributed by atoms with Gasteiger partial charge in [-0.05, 0) is 43.9 Å². The number of nitrogens with zero attached hydrogens (tertiary/aromatic N) is 5. The number of nitrogens with one attached hydrogen (secondary N) is 1. The van der Waals surface area contributed by atoms with Gasteiger partial charge >= 0.3 is 0 Å². The first-order valence-corrected chi connectivity index (χ1v) is 9.73. The van der Waals surface area contributed by atoms with E-state index in [0.717, 1.165) is 34.2 Å². The molecule has 0 bridgehead atoms. The number of benzene rings is 1. The van der Waals surface area contributed by atoms with Crippen LogP contribution in [-0.2, 0) is 17.8 Å². The largest absolute Gasteiger partial charge is 0.363 e. The predicted octanol–water partition coefficient (Wildman–Crippen LogP) is 2.90. The summed E-state index contributed by atoms with van der Waals surface area (Å²) in [6, 6.07) is 9.99. The zero-order valence-corrected chi connectivity index (χ0v) is 17.7. The highest BCUT2D eigenvalue weighted by Gasteiger charge is 2.15. The molecule has 7 nitrogen and oxygen atoms in total. The second-order valence-electron chi connectivity index (χ2n) is 7.39. The lowest BCUT2D eigenvalue weighted by molar-refractivity contribution is -0.121. The molecule has 0 aliphatic heterocycles. The number of carbonyl (C=O) groups excluding carboxylic acids is 1. The maximum absolute atomic E-state index is 12.4. The number of rotatable bonds is 7. The molecule has 29 heavy (non-hydrogen) atoms. The summed E-state index contributed by atoms with van der Waals surface area (Å²) in [7, 11) is 3.88. The molecule has 0 saturated heterocycles. The first-order valence-electron chi connectivity index (χ1n) is 9.73. The highest BCUT2D eigenvalue weighted by atomic mass is 16.1. The number of hydrogen-bond donors (Lipinski definition) is 1. The molecular weight excluding hydrogens is 364 g/mol. The molecule has 0 aliphatic rings. The average Bonchev–Trinajstić information content (AvgIpc) is 2.99. The van der Waals surface area contributed by atoms with Gasteiger partial charge in [-0.15, -0.1) is 0 Å². The molecule has 0 atom stereocenters. The van der Waals surface area contributed by atoms with E-state index < -0.39 is 0 Å². The Morgan fingerprint density at radius 2 is 1.90 bits per heavy atom. The predicted molar refractivity (Wildman–Crippen MR) is 114 cm³/mol. The molecule has 7 heteroatoms. The molecule has 0 radical (unpaired) electrons. The molecule has 0 unspecified atom stereocenters. The van der Waals surface area contributed by atoms with Gasteiger partial charge in [0.25, 0.3) is 0 Å². The van der Waals surface area contributed by atoms with Crippen molar-refractivity contribution in [2.24, 2.45) is 0 Å². The van der Waals surface area contributed by atoms with Crippen LogP contribution >= 0.6 is 0 Å². The summed E-state index contributed by atoms with van der Waals surface area (Å²) in [6.45, 7) is 6.59. The van der Waals surface area contributed by atoms with Crippen molar-refractivity contribution in [1.29, 1.82) is 0 Å². The van der Waals surface area contributed by atoms with Crippen molar-refractivity contribution in [2.75, 3.05) is 19.0 Å². The van der Waals surface area contributed by atoms with Crippen LogP contribution in [0.4, 0.5) is 5.82 Å². The van der Waals surface area contributed by atoms with E-state index in [0.29, 0.717) is 19.4 Å². The summed E-state index contributed by atoms with van der Waals surface area (Å²) in [6.07, 6.45) is 2.61. The minimum atomic E-state index is 0.0386. The van der Waals surface area contributed by atoms with Crippen LogP contribution in [-0.4, -0.2) is 39.8 Å². The number of carbonyl (C=O) groups is 1. The van der Waals surface area contributed by atoms with Gasteiger partial charge in [-0.1, -0.05) is 24.3 Å². The van der Waals surface area contributed by atoms with Crippen molar-refractivity contribution in [1.82, 2.24) is 25.1 Å². The van der Waals surface area contributed by atoms with E-state index in [-0.39, 0.29) is 5.91 Å². The molecule has 1 N–H and O–H groups in total. The van der Waals surface area contributed by atoms with E-state index >= 15 is 0 Å². The van der Waals surface area contributed by atoms with E-state index in [1.54, 1.807) is 6.33 Å². The van der Waals surface area contributed by atoms with Crippen LogP contribution in [0, 0.1) is 20.8 Å². The third-order valence-corrected chi connectivity index (χ3v) is 5.09. The molecular formula is C22H28N6O. The first-order chi connectivity index (χ1) is 13.9. The number of anilines is 1. The Labute approximate surface area is 171 Å². The molecule has 0 saturated carbocycles. The fraction of sp³-hybridized carbons (Fsp3) is 0.364. The van der Waals surface area contributed by atoms with E-state index in [2.05, 4.69) is 33.4 Å². The molecule has 0 fully saturated rings. The average molecular weight is 393 g/mol. The Kier molecular flexibility index (Phi) is 6.26. The maximum atomic E-state index is 12.4. The molecule has 2 aromatic heterocycles. The van der Waals surface area contributed by atoms with Gasteiger partial charge in [0.1, 0.15) is 12.1 Å². The molecule has 3 rings (SSSR count). The summed E-state index contributed by atoms with van der Waals surface area (Å²) in [5.41, 5.74) is 5.32. The quantitative estimate of drug-likeness (QED) is 0.669. The SMILES string of the molecule is Cc1ccccc1CNC(=O)CCc1c(C)nn(-c2cc(N(C)C)ncn2)c1C. The Balaban J connectivity index is 1.67. The third kappa shape index (κ3) is 4.80. The third-order valence-electron chi connectivity index (χ3n) is 5.09. The van der Waals surface area contributed by atoms with Gasteiger partial charge in [0.2, 0.25) is 5.91 Å². The van der Waals surface area contributed by atoms with Crippen molar-refractivity contribution in [2.45, 2.75) is 40.2 Å². The highest BCUT2D eigenvalue weighted by molar-refractivity contribution is 5.76. The smallest absolute Gasteiger partial charge is 0.220 e. The lowest BCUT2D eigenvalue weighted by Crippen LogP contribution is -2.23. The van der Waals surface area contributed by atoms with Gasteiger partial charge in [-0.2, -0.15) is 5.10 Å². The monoisotopic (exact) mass is 392 g/mol. The van der Waals surface area contributed by atoms with Crippen molar-refractivity contribution in [3.8, 4) is 5.82 Å². The zero-order valence-electron chi connectivity index (χ0n) is 17.7. The minimum Gasteiger partial charge on any atom is -0.363 e. The van der Waals surface area contributed by atoms with Gasteiger partial charge in [0, 0.05) is 38.8 Å². The van der Waals surface area contributed by atoms with Gasteiger partial charge in [0.05, 0.1) is 5.69 Å². The molecule has 3 aromatic rings. The number of aryl methyl sites for hydroxylation is 2. The van der Waals surface area contributed by atoms with Crippen LogP contribution < -0.4 is 10.2 Å². The molecule has 0 aliphatic carbocycles. The fourth-order valence-electron chi connectivity index (χ4n) is 3.29. The zero-order chi connectivity index (χ0) is 21.0. The van der Waals surface area contributed by atoms with Crippen molar-refractivity contribution >= 4 is 11.7 Å². The van der Waals surface area contributed by atoms with Crippen LogP contribution in [0.25, 0.3) is 5.82 Å². The van der Waals surface area contributed by atoms with Crippen LogP contribution in [0.2, 0.25) is 0 Å². The highest BCUT2D eigenvalue weighted by Crippen LogP contribution is 2.20. The lowest BCUT2D eigenvalue weighted by atomic mass is 10.1. The second-order valence-corrected chi connectivity index (χ2v) is 7.39. The van der Waals surface area contributed by atoms with Crippen LogP contribution in [0.1, 0.15) is 34.5 Å². The Morgan fingerprint density at radius 1 is 1.14 bits per heavy atom. The molecule has 152 valence electrons. The normalized spacial score (nSPS) is 10.8. The topological polar surface area (TPSA) is 75.9 Å². The fourth-order valence-corrected chi connectivity index (χ4v) is 3.29. The number of hydrogen-bond acceptors (Lipinski definition) is 5. The van der Waals surface area contributed by atoms with E-state index in [9.17, 15) is 4.79 Å². The summed E-state index contributed by atoms with van der Waals surface area (Å²) < 4.78 is 1.82. The van der Waals surface area contributed by atoms with E-state index in [4.69, 9.17) is 0 Å². The van der Waals surface area contributed by atoms with Gasteiger partial charge in [0.15, 0.2) is 5.82 Å². The van der Waals surface area contributed by atoms with Crippen molar-refractivity contribution in [3.63, 3.8) is 0 Å². The Hall–Kier alpha value is -3.22. The van der Waals surface area contributed by atoms with Gasteiger partial charge in [-0.25, -0.2) is 14.6 Å². The Bertz CT molecular complexity index is 1010. The van der Waals surface area contributed by atoms with Crippen LogP contribution in [0.5, 0.6) is 0 Å². The molecule has 1 aromatic carbocycles. The van der Waals surface area contributed by atoms with Crippen LogP contribution in [0.3, 0.4) is 0 Å². The van der Waals surface area contributed by atoms with Gasteiger partial charge < -0.3 is 10.2 Å². The van der Waals surface area contributed by atoms with Gasteiger partial charge in [-0.3, -0.25) is 4.79 Å².